The highest BCUT2D eigenvalue weighted by Gasteiger charge is 2.31. The highest BCUT2D eigenvalue weighted by molar-refractivity contribution is 6.10. The van der Waals surface area contributed by atoms with E-state index in [2.05, 4.69) is 10.4 Å². The third-order valence-electron chi connectivity index (χ3n) is 4.33. The molecule has 1 amide bonds. The number of fused-ring (bicyclic) bond motifs is 1. The summed E-state index contributed by atoms with van der Waals surface area (Å²) in [6, 6.07) is 1.46. The van der Waals surface area contributed by atoms with Gasteiger partial charge in [-0.05, 0) is 19.4 Å². The molecule has 0 unspecified atom stereocenters. The van der Waals surface area contributed by atoms with Crippen LogP contribution in [0.15, 0.2) is 16.7 Å². The molecule has 0 fully saturated rings. The zero-order valence-corrected chi connectivity index (χ0v) is 14.1. The third kappa shape index (κ3) is 2.87. The van der Waals surface area contributed by atoms with Gasteiger partial charge in [-0.1, -0.05) is 0 Å². The number of methoxy groups -OCH3 is 1. The van der Waals surface area contributed by atoms with Crippen LogP contribution in [0.2, 0.25) is 0 Å². The number of hydrogen-bond acceptors (Lipinski definition) is 5. The van der Waals surface area contributed by atoms with Gasteiger partial charge in [0.05, 0.1) is 29.5 Å². The van der Waals surface area contributed by atoms with Crippen LogP contribution in [0.5, 0.6) is 0 Å². The number of ether oxygens (including phenoxy) is 1. The molecule has 7 heteroatoms. The number of carbonyl (C=O) groups is 2. The van der Waals surface area contributed by atoms with Crippen molar-refractivity contribution in [3.8, 4) is 0 Å². The van der Waals surface area contributed by atoms with Crippen LogP contribution in [0.4, 0.5) is 0 Å². The smallest absolute Gasteiger partial charge is 0.256 e. The number of hydrogen-bond donors (Lipinski definition) is 1. The number of Topliss-reactive ketones (excluding diaryl/α,β-unsaturated/α-hetero) is 1. The Bertz CT molecular complexity index is 775. The number of aryl methyl sites for hydroxylation is 3. The fourth-order valence-corrected chi connectivity index (χ4v) is 3.21. The average Bonchev–Trinajstić information content (AvgIpc) is 3.10. The second-order valence-electron chi connectivity index (χ2n) is 5.97. The van der Waals surface area contributed by atoms with Crippen molar-refractivity contribution in [1.82, 2.24) is 15.1 Å². The van der Waals surface area contributed by atoms with Gasteiger partial charge in [-0.2, -0.15) is 5.10 Å². The second kappa shape index (κ2) is 6.60. The fourth-order valence-electron chi connectivity index (χ4n) is 3.21. The maximum Gasteiger partial charge on any atom is 0.256 e. The minimum Gasteiger partial charge on any atom is -0.465 e. The zero-order valence-electron chi connectivity index (χ0n) is 14.1. The van der Waals surface area contributed by atoms with Gasteiger partial charge in [-0.15, -0.1) is 0 Å². The Kier molecular flexibility index (Phi) is 4.53. The van der Waals surface area contributed by atoms with Crippen molar-refractivity contribution in [2.24, 2.45) is 7.05 Å². The number of nitrogens with one attached hydrogen (secondary N) is 1. The Morgan fingerprint density at radius 2 is 2.29 bits per heavy atom. The summed E-state index contributed by atoms with van der Waals surface area (Å²) in [7, 11) is 3.38. The molecule has 2 aromatic rings. The minimum atomic E-state index is -0.362. The summed E-state index contributed by atoms with van der Waals surface area (Å²) in [6.07, 6.45) is 3.58. The van der Waals surface area contributed by atoms with Gasteiger partial charge in [0.2, 0.25) is 0 Å². The Morgan fingerprint density at radius 1 is 1.50 bits per heavy atom. The van der Waals surface area contributed by atoms with Crippen LogP contribution < -0.4 is 5.32 Å². The molecule has 128 valence electrons. The van der Waals surface area contributed by atoms with Crippen LogP contribution in [0.3, 0.4) is 0 Å². The molecule has 7 nitrogen and oxygen atoms in total. The Balaban J connectivity index is 1.90. The molecule has 0 radical (unpaired) electrons. The Labute approximate surface area is 140 Å². The van der Waals surface area contributed by atoms with Gasteiger partial charge in [0.15, 0.2) is 5.78 Å². The number of carbonyl (C=O) groups excluding carboxylic acids is 2. The first-order valence-electron chi connectivity index (χ1n) is 7.96. The predicted molar refractivity (Wildman–Crippen MR) is 86.0 cm³/mol. The number of aromatic nitrogens is 2. The van der Waals surface area contributed by atoms with E-state index >= 15 is 0 Å². The highest BCUT2D eigenvalue weighted by atomic mass is 16.5. The van der Waals surface area contributed by atoms with Crippen molar-refractivity contribution in [1.29, 1.82) is 0 Å². The summed E-state index contributed by atoms with van der Waals surface area (Å²) in [4.78, 5) is 25.1. The molecule has 2 heterocycles. The number of nitrogens with zero attached hydrogens (tertiary/aromatic N) is 2. The van der Waals surface area contributed by atoms with Gasteiger partial charge in [0.25, 0.3) is 5.91 Å². The van der Waals surface area contributed by atoms with Crippen molar-refractivity contribution in [2.75, 3.05) is 13.7 Å². The van der Waals surface area contributed by atoms with Gasteiger partial charge in [0, 0.05) is 33.2 Å². The van der Waals surface area contributed by atoms with Crippen molar-refractivity contribution in [2.45, 2.75) is 32.2 Å². The molecule has 2 aromatic heterocycles. The number of ketones is 1. The molecular weight excluding hydrogens is 310 g/mol. The summed E-state index contributed by atoms with van der Waals surface area (Å²) >= 11 is 0. The van der Waals surface area contributed by atoms with Gasteiger partial charge >= 0.3 is 0 Å². The lowest BCUT2D eigenvalue weighted by atomic mass is 9.93. The van der Waals surface area contributed by atoms with Crippen molar-refractivity contribution >= 4 is 11.7 Å². The normalized spacial score (nSPS) is 15.2. The van der Waals surface area contributed by atoms with E-state index in [-0.39, 0.29) is 17.7 Å². The average molecular weight is 331 g/mol. The molecular formula is C17H21N3O4. The van der Waals surface area contributed by atoms with Crippen molar-refractivity contribution in [3.63, 3.8) is 0 Å². The molecule has 0 bridgehead atoms. The van der Waals surface area contributed by atoms with E-state index in [1.807, 2.05) is 6.07 Å². The first kappa shape index (κ1) is 16.4. The molecule has 0 aliphatic heterocycles. The van der Waals surface area contributed by atoms with Crippen molar-refractivity contribution in [3.05, 3.63) is 40.6 Å². The van der Waals surface area contributed by atoms with Gasteiger partial charge in [-0.25, -0.2) is 0 Å². The quantitative estimate of drug-likeness (QED) is 0.905. The summed E-state index contributed by atoms with van der Waals surface area (Å²) < 4.78 is 12.6. The van der Waals surface area contributed by atoms with Crippen LogP contribution in [0.1, 0.15) is 56.8 Å². The molecule has 1 aliphatic carbocycles. The fraction of sp³-hybridized carbons (Fsp3) is 0.471. The maximum absolute atomic E-state index is 12.8. The van der Waals surface area contributed by atoms with E-state index in [4.69, 9.17) is 9.15 Å². The first-order chi connectivity index (χ1) is 11.5. The number of amides is 1. The van der Waals surface area contributed by atoms with Crippen molar-refractivity contribution < 1.29 is 18.7 Å². The Morgan fingerprint density at radius 3 is 2.96 bits per heavy atom. The molecule has 3 rings (SSSR count). The van der Waals surface area contributed by atoms with E-state index in [0.29, 0.717) is 42.1 Å². The number of rotatable bonds is 5. The predicted octanol–water partition coefficient (Wildman–Crippen LogP) is 1.96. The van der Waals surface area contributed by atoms with E-state index in [1.54, 1.807) is 32.0 Å². The SMILES string of the molecule is COC[C@H](NC(=O)c1c(C)oc2c1C(=O)CCC2)c1ccnn1C. The molecule has 0 aromatic carbocycles. The third-order valence-corrected chi connectivity index (χ3v) is 4.33. The van der Waals surface area contributed by atoms with Gasteiger partial charge in [0.1, 0.15) is 11.5 Å². The van der Waals surface area contributed by atoms with Crippen LogP contribution in [0.25, 0.3) is 0 Å². The minimum absolute atomic E-state index is 0.0259. The molecule has 1 atom stereocenters. The molecule has 24 heavy (non-hydrogen) atoms. The zero-order chi connectivity index (χ0) is 17.3. The lowest BCUT2D eigenvalue weighted by Crippen LogP contribution is -2.33. The molecule has 0 saturated carbocycles. The second-order valence-corrected chi connectivity index (χ2v) is 5.97. The van der Waals surface area contributed by atoms with Crippen LogP contribution >= 0.6 is 0 Å². The van der Waals surface area contributed by atoms with E-state index in [1.165, 1.54) is 0 Å². The standard InChI is InChI=1S/C17H21N3O4/c1-10-15(16-13(21)5-4-6-14(16)24-10)17(22)19-11(9-23-3)12-7-8-18-20(12)2/h7-8,11H,4-6,9H2,1-3H3,(H,19,22)/t11-/m0/s1. The van der Waals surface area contributed by atoms with Crippen LogP contribution in [-0.2, 0) is 18.2 Å². The number of furan rings is 1. The first-order valence-corrected chi connectivity index (χ1v) is 7.96. The lowest BCUT2D eigenvalue weighted by Gasteiger charge is -2.19. The van der Waals surface area contributed by atoms with Crippen LogP contribution in [-0.4, -0.2) is 35.2 Å². The molecule has 1 aliphatic rings. The largest absolute Gasteiger partial charge is 0.465 e. The highest BCUT2D eigenvalue weighted by Crippen LogP contribution is 2.30. The summed E-state index contributed by atoms with van der Waals surface area (Å²) in [6.45, 7) is 2.02. The molecule has 0 spiro atoms. The van der Waals surface area contributed by atoms with Gasteiger partial charge in [-0.3, -0.25) is 14.3 Å². The summed E-state index contributed by atoms with van der Waals surface area (Å²) in [5.41, 5.74) is 1.61. The summed E-state index contributed by atoms with van der Waals surface area (Å²) in [5.74, 6) is 0.754. The molecule has 0 saturated heterocycles. The maximum atomic E-state index is 12.8. The van der Waals surface area contributed by atoms with E-state index in [0.717, 1.165) is 12.1 Å². The van der Waals surface area contributed by atoms with Gasteiger partial charge < -0.3 is 14.5 Å². The monoisotopic (exact) mass is 331 g/mol. The van der Waals surface area contributed by atoms with Crippen LogP contribution in [0, 0.1) is 6.92 Å². The van der Waals surface area contributed by atoms with E-state index < -0.39 is 0 Å². The Hall–Kier alpha value is -2.41. The lowest BCUT2D eigenvalue weighted by molar-refractivity contribution is 0.0879. The molecule has 1 N–H and O–H groups in total. The topological polar surface area (TPSA) is 86.4 Å². The summed E-state index contributed by atoms with van der Waals surface area (Å²) in [5, 5.41) is 7.06. The van der Waals surface area contributed by atoms with E-state index in [9.17, 15) is 9.59 Å².